The predicted octanol–water partition coefficient (Wildman–Crippen LogP) is 1.64. The van der Waals surface area contributed by atoms with Crippen LogP contribution in [0.2, 0.25) is 0 Å². The lowest BCUT2D eigenvalue weighted by atomic mass is 10.1. The summed E-state index contributed by atoms with van der Waals surface area (Å²) in [5.74, 6) is 0.124. The predicted molar refractivity (Wildman–Crippen MR) is 108 cm³/mol. The molecule has 28 heavy (non-hydrogen) atoms. The molecule has 0 spiro atoms. The Labute approximate surface area is 167 Å². The van der Waals surface area contributed by atoms with Crippen LogP contribution in [0.3, 0.4) is 0 Å². The van der Waals surface area contributed by atoms with Gasteiger partial charge < -0.3 is 26.2 Å². The molecular formula is C17H24N8O2S. The van der Waals surface area contributed by atoms with E-state index in [1.807, 2.05) is 17.9 Å². The number of nitrogens with zero attached hydrogens (tertiary/aromatic N) is 5. The molecule has 2 aromatic rings. The molecule has 0 aliphatic carbocycles. The van der Waals surface area contributed by atoms with Gasteiger partial charge in [-0.15, -0.1) is 0 Å². The quantitative estimate of drug-likeness (QED) is 0.691. The number of anilines is 3. The normalized spacial score (nSPS) is 16.5. The van der Waals surface area contributed by atoms with Gasteiger partial charge in [0.25, 0.3) is 5.91 Å². The number of primary amides is 1. The summed E-state index contributed by atoms with van der Waals surface area (Å²) >= 11 is 1.26. The molecule has 2 aromatic heterocycles. The highest BCUT2D eigenvalue weighted by molar-refractivity contribution is 7.10. The maximum atomic E-state index is 12.2. The molecule has 1 fully saturated rings. The average molecular weight is 405 g/mol. The summed E-state index contributed by atoms with van der Waals surface area (Å²) in [5, 5.41) is 7.12. The number of nitrogens with one attached hydrogen (secondary N) is 2. The maximum absolute atomic E-state index is 12.2. The minimum atomic E-state index is -0.664. The Morgan fingerprint density at radius 3 is 2.82 bits per heavy atom. The van der Waals surface area contributed by atoms with Gasteiger partial charge in [0.2, 0.25) is 0 Å². The molecule has 3 heterocycles. The van der Waals surface area contributed by atoms with Crippen LogP contribution in [0.5, 0.6) is 0 Å². The van der Waals surface area contributed by atoms with Gasteiger partial charge in [0, 0.05) is 33.2 Å². The molecule has 11 heteroatoms. The first-order valence-corrected chi connectivity index (χ1v) is 9.70. The Bertz CT molecular complexity index is 869. The van der Waals surface area contributed by atoms with Crippen molar-refractivity contribution < 1.29 is 9.59 Å². The summed E-state index contributed by atoms with van der Waals surface area (Å²) in [6.45, 7) is 3.19. The standard InChI is InChI=1S/C17H24N8O2S/c1-10-7-13(28-23-10)22-16-14(15(18)26)19-8-12(21-16)20-11-5-4-6-25(9-11)17(27)24(2)3/h7-8,11H,4-6,9H2,1-3H3,(H2,18,26)(H2,20,21,22)/t11-/m0/s1. The smallest absolute Gasteiger partial charge is 0.319 e. The van der Waals surface area contributed by atoms with Gasteiger partial charge in [-0.3, -0.25) is 4.79 Å². The SMILES string of the molecule is Cc1cc(Nc2nc(N[C@H]3CCCN(C(=O)N(C)C)C3)cnc2C(N)=O)sn1. The number of nitrogens with two attached hydrogens (primary N) is 1. The zero-order chi connectivity index (χ0) is 20.3. The first kappa shape index (κ1) is 19.8. The summed E-state index contributed by atoms with van der Waals surface area (Å²) in [5.41, 5.74) is 6.35. The molecular weight excluding hydrogens is 380 g/mol. The van der Waals surface area contributed by atoms with Crippen LogP contribution in [0.25, 0.3) is 0 Å². The summed E-state index contributed by atoms with van der Waals surface area (Å²) in [7, 11) is 3.49. The van der Waals surface area contributed by atoms with Crippen LogP contribution in [-0.2, 0) is 0 Å². The number of piperidine rings is 1. The van der Waals surface area contributed by atoms with E-state index < -0.39 is 5.91 Å². The van der Waals surface area contributed by atoms with Crippen molar-refractivity contribution in [3.05, 3.63) is 23.7 Å². The van der Waals surface area contributed by atoms with Crippen LogP contribution in [0.1, 0.15) is 29.0 Å². The highest BCUT2D eigenvalue weighted by Gasteiger charge is 2.25. The number of urea groups is 1. The van der Waals surface area contributed by atoms with Gasteiger partial charge in [0.05, 0.1) is 11.9 Å². The molecule has 3 amide bonds. The third-order valence-electron chi connectivity index (χ3n) is 4.30. The van der Waals surface area contributed by atoms with E-state index in [-0.39, 0.29) is 23.6 Å². The van der Waals surface area contributed by atoms with Crippen LogP contribution in [-0.4, -0.2) is 69.3 Å². The fourth-order valence-corrected chi connectivity index (χ4v) is 3.69. The molecule has 3 rings (SSSR count). The maximum Gasteiger partial charge on any atom is 0.319 e. The first-order chi connectivity index (χ1) is 13.3. The number of hydrogen-bond acceptors (Lipinski definition) is 8. The number of hydrogen-bond donors (Lipinski definition) is 3. The number of carbonyl (C=O) groups excluding carboxylic acids is 2. The summed E-state index contributed by atoms with van der Waals surface area (Å²) in [4.78, 5) is 35.9. The van der Waals surface area contributed by atoms with Crippen LogP contribution < -0.4 is 16.4 Å². The van der Waals surface area contributed by atoms with E-state index in [9.17, 15) is 9.59 Å². The minimum absolute atomic E-state index is 0.00965. The summed E-state index contributed by atoms with van der Waals surface area (Å²) in [6.07, 6.45) is 3.29. The second kappa shape index (κ2) is 8.38. The third-order valence-corrected chi connectivity index (χ3v) is 5.10. The van der Waals surface area contributed by atoms with Gasteiger partial charge in [0.15, 0.2) is 11.5 Å². The molecule has 150 valence electrons. The lowest BCUT2D eigenvalue weighted by Gasteiger charge is -2.34. The molecule has 1 aliphatic rings. The Hall–Kier alpha value is -2.95. The van der Waals surface area contributed by atoms with E-state index in [1.165, 1.54) is 17.7 Å². The molecule has 1 saturated heterocycles. The first-order valence-electron chi connectivity index (χ1n) is 8.93. The molecule has 0 saturated carbocycles. The van der Waals surface area contributed by atoms with Crippen LogP contribution in [0.15, 0.2) is 12.3 Å². The van der Waals surface area contributed by atoms with E-state index in [0.29, 0.717) is 12.4 Å². The number of aryl methyl sites for hydroxylation is 1. The van der Waals surface area contributed by atoms with Gasteiger partial charge in [-0.2, -0.15) is 4.37 Å². The van der Waals surface area contributed by atoms with Crippen molar-refractivity contribution in [2.24, 2.45) is 5.73 Å². The van der Waals surface area contributed by atoms with Crippen LogP contribution in [0, 0.1) is 6.92 Å². The Kier molecular flexibility index (Phi) is 5.93. The van der Waals surface area contributed by atoms with Crippen molar-refractivity contribution in [1.82, 2.24) is 24.1 Å². The van der Waals surface area contributed by atoms with Gasteiger partial charge in [-0.1, -0.05) is 0 Å². The van der Waals surface area contributed by atoms with Crippen molar-refractivity contribution in [2.75, 3.05) is 37.8 Å². The second-order valence-electron chi connectivity index (χ2n) is 6.88. The topological polar surface area (TPSA) is 129 Å². The largest absolute Gasteiger partial charge is 0.364 e. The highest BCUT2D eigenvalue weighted by Crippen LogP contribution is 2.24. The fourth-order valence-electron chi connectivity index (χ4n) is 3.03. The Morgan fingerprint density at radius 2 is 2.18 bits per heavy atom. The molecule has 0 aromatic carbocycles. The highest BCUT2D eigenvalue weighted by atomic mass is 32.1. The molecule has 4 N–H and O–H groups in total. The van der Waals surface area contributed by atoms with Gasteiger partial charge in [-0.25, -0.2) is 14.8 Å². The van der Waals surface area contributed by atoms with Crippen molar-refractivity contribution in [3.8, 4) is 0 Å². The van der Waals surface area contributed by atoms with E-state index in [2.05, 4.69) is 25.0 Å². The second-order valence-corrected chi connectivity index (χ2v) is 7.69. The number of aromatic nitrogens is 3. The lowest BCUT2D eigenvalue weighted by molar-refractivity contribution is 0.0996. The molecule has 0 radical (unpaired) electrons. The van der Waals surface area contributed by atoms with E-state index in [0.717, 1.165) is 30.1 Å². The Balaban J connectivity index is 1.76. The molecule has 0 unspecified atom stereocenters. The van der Waals surface area contributed by atoms with Crippen molar-refractivity contribution in [1.29, 1.82) is 0 Å². The van der Waals surface area contributed by atoms with Crippen LogP contribution >= 0.6 is 11.5 Å². The average Bonchev–Trinajstić information content (AvgIpc) is 3.06. The zero-order valence-corrected chi connectivity index (χ0v) is 16.9. The molecule has 0 bridgehead atoms. The van der Waals surface area contributed by atoms with Crippen LogP contribution in [0.4, 0.5) is 21.4 Å². The number of rotatable bonds is 5. The van der Waals surface area contributed by atoms with Crippen molar-refractivity contribution in [3.63, 3.8) is 0 Å². The summed E-state index contributed by atoms with van der Waals surface area (Å²) < 4.78 is 4.20. The zero-order valence-electron chi connectivity index (χ0n) is 16.1. The van der Waals surface area contributed by atoms with E-state index in [1.54, 1.807) is 19.0 Å². The van der Waals surface area contributed by atoms with Gasteiger partial charge >= 0.3 is 6.03 Å². The lowest BCUT2D eigenvalue weighted by Crippen LogP contribution is -2.48. The molecule has 1 atom stereocenters. The van der Waals surface area contributed by atoms with Crippen molar-refractivity contribution in [2.45, 2.75) is 25.8 Å². The Morgan fingerprint density at radius 1 is 1.39 bits per heavy atom. The van der Waals surface area contributed by atoms with Gasteiger partial charge in [0.1, 0.15) is 10.8 Å². The van der Waals surface area contributed by atoms with Crippen molar-refractivity contribution >= 4 is 40.1 Å². The fraction of sp³-hybridized carbons (Fsp3) is 0.471. The molecule has 1 aliphatic heterocycles. The van der Waals surface area contributed by atoms with E-state index >= 15 is 0 Å². The van der Waals surface area contributed by atoms with E-state index in [4.69, 9.17) is 5.73 Å². The number of amides is 3. The summed E-state index contributed by atoms with van der Waals surface area (Å²) in [6, 6.07) is 1.89. The number of carbonyl (C=O) groups is 2. The molecule has 10 nitrogen and oxygen atoms in total. The monoisotopic (exact) mass is 404 g/mol. The number of likely N-dealkylation sites (tertiary alicyclic amines) is 1. The minimum Gasteiger partial charge on any atom is -0.364 e. The van der Waals surface area contributed by atoms with Gasteiger partial charge in [-0.05, 0) is 37.4 Å². The third kappa shape index (κ3) is 4.66.